The summed E-state index contributed by atoms with van der Waals surface area (Å²) in [6.45, 7) is 1.92. The van der Waals surface area contributed by atoms with Crippen molar-refractivity contribution in [3.05, 3.63) is 65.9 Å². The zero-order chi connectivity index (χ0) is 18.4. The average molecular weight is 354 g/mol. The fraction of sp³-hybridized carbons (Fsp3) is 0.263. The Labute approximate surface area is 152 Å². The molecule has 0 spiro atoms. The van der Waals surface area contributed by atoms with Crippen LogP contribution in [0.3, 0.4) is 0 Å². The van der Waals surface area contributed by atoms with Crippen molar-refractivity contribution < 1.29 is 13.9 Å². The maximum absolute atomic E-state index is 5.58. The normalized spacial score (nSPS) is 10.9. The average Bonchev–Trinajstić information content (AvgIpc) is 3.16. The van der Waals surface area contributed by atoms with Gasteiger partial charge in [0.05, 0.1) is 27.0 Å². The molecule has 0 aliphatic carbocycles. The van der Waals surface area contributed by atoms with Gasteiger partial charge in [-0.15, -0.1) is 0 Å². The molecule has 0 radical (unpaired) electrons. The van der Waals surface area contributed by atoms with Crippen LogP contribution in [0.25, 0.3) is 0 Å². The fourth-order valence-electron chi connectivity index (χ4n) is 2.74. The summed E-state index contributed by atoms with van der Waals surface area (Å²) in [5.74, 6) is 2.74. The Morgan fingerprint density at radius 1 is 1.04 bits per heavy atom. The summed E-state index contributed by atoms with van der Waals surface area (Å²) >= 11 is 0. The Morgan fingerprint density at radius 3 is 2.50 bits per heavy atom. The second-order valence-electron chi connectivity index (χ2n) is 5.85. The van der Waals surface area contributed by atoms with Crippen LogP contribution < -0.4 is 15.2 Å². The minimum Gasteiger partial charge on any atom is -0.497 e. The highest BCUT2D eigenvalue weighted by molar-refractivity contribution is 5.40. The third-order valence-electron chi connectivity index (χ3n) is 3.97. The third-order valence-corrected chi connectivity index (χ3v) is 3.97. The molecule has 0 saturated carbocycles. The van der Waals surface area contributed by atoms with E-state index < -0.39 is 0 Å². The van der Waals surface area contributed by atoms with Crippen molar-refractivity contribution in [3.63, 3.8) is 0 Å². The second kappa shape index (κ2) is 8.35. The quantitative estimate of drug-likeness (QED) is 0.665. The largest absolute Gasteiger partial charge is 0.497 e. The van der Waals surface area contributed by atoms with E-state index in [1.165, 1.54) is 0 Å². The second-order valence-corrected chi connectivity index (χ2v) is 5.85. The Morgan fingerprint density at radius 2 is 1.85 bits per heavy atom. The number of nitrogen functional groups attached to an aromatic ring is 1. The lowest BCUT2D eigenvalue weighted by molar-refractivity contribution is 0.223. The number of furan rings is 1. The molecule has 3 aromatic rings. The highest BCUT2D eigenvalue weighted by atomic mass is 16.5. The van der Waals surface area contributed by atoms with E-state index in [0.717, 1.165) is 28.4 Å². The number of hydrogen-bond acceptors (Lipinski definition) is 7. The first-order chi connectivity index (χ1) is 12.7. The summed E-state index contributed by atoms with van der Waals surface area (Å²) in [7, 11) is 3.31. The molecule has 3 rings (SSSR count). The van der Waals surface area contributed by atoms with E-state index in [0.29, 0.717) is 19.6 Å². The molecule has 7 heteroatoms. The van der Waals surface area contributed by atoms with Crippen molar-refractivity contribution in [2.75, 3.05) is 20.0 Å². The third kappa shape index (κ3) is 4.52. The van der Waals surface area contributed by atoms with Crippen LogP contribution in [0.15, 0.2) is 53.4 Å². The monoisotopic (exact) mass is 354 g/mol. The Hall–Kier alpha value is -3.06. The van der Waals surface area contributed by atoms with Crippen molar-refractivity contribution in [2.24, 2.45) is 0 Å². The predicted molar refractivity (Wildman–Crippen MR) is 97.6 cm³/mol. The van der Waals surface area contributed by atoms with Crippen molar-refractivity contribution in [1.82, 2.24) is 14.9 Å². The molecular formula is C19H22N4O3. The van der Waals surface area contributed by atoms with Crippen molar-refractivity contribution in [2.45, 2.75) is 19.6 Å². The molecule has 0 saturated heterocycles. The first-order valence-electron chi connectivity index (χ1n) is 8.20. The van der Waals surface area contributed by atoms with Crippen molar-refractivity contribution >= 4 is 5.95 Å². The van der Waals surface area contributed by atoms with E-state index in [1.807, 2.05) is 30.3 Å². The van der Waals surface area contributed by atoms with E-state index in [4.69, 9.17) is 19.6 Å². The van der Waals surface area contributed by atoms with Gasteiger partial charge in [-0.25, -0.2) is 9.97 Å². The molecule has 7 nitrogen and oxygen atoms in total. The lowest BCUT2D eigenvalue weighted by Gasteiger charge is -2.22. The summed E-state index contributed by atoms with van der Waals surface area (Å²) in [5, 5.41) is 0. The van der Waals surface area contributed by atoms with Gasteiger partial charge in [0, 0.05) is 36.6 Å². The summed E-state index contributed by atoms with van der Waals surface area (Å²) < 4.78 is 16.4. The number of nitrogens with zero attached hydrogens (tertiary/aromatic N) is 3. The zero-order valence-electron chi connectivity index (χ0n) is 14.9. The number of methoxy groups -OCH3 is 2. The smallest absolute Gasteiger partial charge is 0.219 e. The van der Waals surface area contributed by atoms with Crippen LogP contribution in [0.5, 0.6) is 11.5 Å². The summed E-state index contributed by atoms with van der Waals surface area (Å²) in [5.41, 5.74) is 7.57. The van der Waals surface area contributed by atoms with Crippen LogP contribution in [0.4, 0.5) is 5.95 Å². The first-order valence-corrected chi connectivity index (χ1v) is 8.20. The van der Waals surface area contributed by atoms with Crippen LogP contribution in [-0.2, 0) is 19.6 Å². The van der Waals surface area contributed by atoms with Gasteiger partial charge >= 0.3 is 0 Å². The molecule has 0 atom stereocenters. The topological polar surface area (TPSA) is 86.6 Å². The van der Waals surface area contributed by atoms with Gasteiger partial charge in [-0.3, -0.25) is 4.90 Å². The molecule has 2 heterocycles. The van der Waals surface area contributed by atoms with Crippen molar-refractivity contribution in [1.29, 1.82) is 0 Å². The van der Waals surface area contributed by atoms with Crippen LogP contribution in [0.1, 0.15) is 16.9 Å². The van der Waals surface area contributed by atoms with E-state index in [2.05, 4.69) is 14.9 Å². The fourth-order valence-corrected chi connectivity index (χ4v) is 2.74. The summed E-state index contributed by atoms with van der Waals surface area (Å²) in [6, 6.07) is 9.60. The zero-order valence-corrected chi connectivity index (χ0v) is 14.9. The lowest BCUT2D eigenvalue weighted by atomic mass is 10.1. The maximum atomic E-state index is 5.58. The molecule has 1 aromatic carbocycles. The summed E-state index contributed by atoms with van der Waals surface area (Å²) in [4.78, 5) is 10.4. The van der Waals surface area contributed by atoms with E-state index in [1.54, 1.807) is 32.9 Å². The Bertz CT molecular complexity index is 819. The first kappa shape index (κ1) is 17.8. The molecule has 2 N–H and O–H groups in total. The Kier molecular flexibility index (Phi) is 5.70. The standard InChI is InChI=1S/C19H22N4O3/c1-24-16-5-6-18(25-2)15(8-16)12-23(13-17-4-3-7-26-17)11-14-9-21-19(20)22-10-14/h3-10H,11-13H2,1-2H3,(H2,20,21,22). The highest BCUT2D eigenvalue weighted by Gasteiger charge is 2.14. The number of nitrogens with two attached hydrogens (primary N) is 1. The molecule has 0 aliphatic rings. The lowest BCUT2D eigenvalue weighted by Crippen LogP contribution is -2.23. The van der Waals surface area contributed by atoms with Gasteiger partial charge in [-0.05, 0) is 30.3 Å². The van der Waals surface area contributed by atoms with E-state index >= 15 is 0 Å². The van der Waals surface area contributed by atoms with Crippen molar-refractivity contribution in [3.8, 4) is 11.5 Å². The molecule has 136 valence electrons. The minimum absolute atomic E-state index is 0.265. The molecule has 0 unspecified atom stereocenters. The predicted octanol–water partition coefficient (Wildman–Crippen LogP) is 2.87. The van der Waals surface area contributed by atoms with Crippen LogP contribution in [-0.4, -0.2) is 29.1 Å². The van der Waals surface area contributed by atoms with Gasteiger partial charge in [-0.1, -0.05) is 0 Å². The number of aromatic nitrogens is 2. The van der Waals surface area contributed by atoms with E-state index in [-0.39, 0.29) is 5.95 Å². The maximum Gasteiger partial charge on any atom is 0.219 e. The Balaban J connectivity index is 1.84. The number of benzene rings is 1. The molecule has 0 amide bonds. The van der Waals surface area contributed by atoms with Gasteiger partial charge in [0.2, 0.25) is 5.95 Å². The van der Waals surface area contributed by atoms with Crippen LogP contribution in [0.2, 0.25) is 0 Å². The van der Waals surface area contributed by atoms with Gasteiger partial charge in [-0.2, -0.15) is 0 Å². The molecule has 0 fully saturated rings. The number of rotatable bonds is 8. The van der Waals surface area contributed by atoms with Gasteiger partial charge in [0.1, 0.15) is 17.3 Å². The SMILES string of the molecule is COc1ccc(OC)c(CN(Cc2cnc(N)nc2)Cc2ccco2)c1. The molecular weight excluding hydrogens is 332 g/mol. The molecule has 2 aromatic heterocycles. The number of ether oxygens (including phenoxy) is 2. The molecule has 0 aliphatic heterocycles. The van der Waals surface area contributed by atoms with Gasteiger partial charge in [0.15, 0.2) is 0 Å². The van der Waals surface area contributed by atoms with Crippen LogP contribution >= 0.6 is 0 Å². The highest BCUT2D eigenvalue weighted by Crippen LogP contribution is 2.26. The van der Waals surface area contributed by atoms with Crippen LogP contribution in [0, 0.1) is 0 Å². The molecule has 26 heavy (non-hydrogen) atoms. The van der Waals surface area contributed by atoms with Gasteiger partial charge in [0.25, 0.3) is 0 Å². The summed E-state index contributed by atoms with van der Waals surface area (Å²) in [6.07, 6.45) is 5.15. The minimum atomic E-state index is 0.265. The molecule has 0 bridgehead atoms. The number of anilines is 1. The van der Waals surface area contributed by atoms with E-state index in [9.17, 15) is 0 Å². The van der Waals surface area contributed by atoms with Gasteiger partial charge < -0.3 is 19.6 Å². The number of hydrogen-bond donors (Lipinski definition) is 1.